The van der Waals surface area contributed by atoms with Gasteiger partial charge < -0.3 is 5.32 Å². The van der Waals surface area contributed by atoms with E-state index >= 15 is 0 Å². The van der Waals surface area contributed by atoms with Crippen LogP contribution in [-0.2, 0) is 13.0 Å². The van der Waals surface area contributed by atoms with Gasteiger partial charge in [-0.05, 0) is 39.1 Å². The van der Waals surface area contributed by atoms with Gasteiger partial charge in [0.15, 0.2) is 0 Å². The second-order valence-corrected chi connectivity index (χ2v) is 4.98. The second kappa shape index (κ2) is 6.17. The van der Waals surface area contributed by atoms with Crippen LogP contribution in [0.4, 0.5) is 0 Å². The number of hydrogen-bond acceptors (Lipinski definition) is 3. The molecule has 0 saturated carbocycles. The molecular weight excluding hydrogens is 260 g/mol. The van der Waals surface area contributed by atoms with Gasteiger partial charge in [0, 0.05) is 24.9 Å². The summed E-state index contributed by atoms with van der Waals surface area (Å²) in [6.07, 6.45) is 2.55. The Bertz CT molecular complexity index is 533. The minimum Gasteiger partial charge on any atom is -0.311 e. The van der Waals surface area contributed by atoms with Crippen molar-refractivity contribution in [1.29, 1.82) is 0 Å². The molecule has 1 unspecified atom stereocenters. The van der Waals surface area contributed by atoms with Gasteiger partial charge >= 0.3 is 0 Å². The van der Waals surface area contributed by atoms with Crippen molar-refractivity contribution in [3.8, 4) is 0 Å². The lowest BCUT2D eigenvalue weighted by Crippen LogP contribution is -2.21. The van der Waals surface area contributed by atoms with Crippen LogP contribution in [0.15, 0.2) is 24.4 Å². The summed E-state index contributed by atoms with van der Waals surface area (Å²) in [5.74, 6) is 0. The molecule has 0 aliphatic rings. The molecule has 19 heavy (non-hydrogen) atoms. The molecule has 2 aromatic rings. The van der Waals surface area contributed by atoms with E-state index in [0.717, 1.165) is 24.4 Å². The molecule has 0 aliphatic carbocycles. The fourth-order valence-corrected chi connectivity index (χ4v) is 2.31. The first-order valence-corrected chi connectivity index (χ1v) is 6.84. The summed E-state index contributed by atoms with van der Waals surface area (Å²) < 4.78 is 2.04. The number of nitrogens with zero attached hydrogens (tertiary/aromatic N) is 3. The van der Waals surface area contributed by atoms with Crippen LogP contribution in [0.5, 0.6) is 0 Å². The van der Waals surface area contributed by atoms with Crippen LogP contribution in [0, 0.1) is 6.92 Å². The predicted molar refractivity (Wildman–Crippen MR) is 77.4 cm³/mol. The summed E-state index contributed by atoms with van der Waals surface area (Å²) in [7, 11) is 1.94. The number of likely N-dealkylation sites (N-methyl/N-ethyl adjacent to an activating group) is 1. The van der Waals surface area contributed by atoms with E-state index in [1.165, 1.54) is 5.69 Å². The number of pyridine rings is 1. The van der Waals surface area contributed by atoms with Crippen molar-refractivity contribution in [3.63, 3.8) is 0 Å². The lowest BCUT2D eigenvalue weighted by molar-refractivity contribution is 0.531. The van der Waals surface area contributed by atoms with Crippen molar-refractivity contribution < 1.29 is 0 Å². The molecule has 0 saturated heterocycles. The summed E-state index contributed by atoms with van der Waals surface area (Å²) in [4.78, 5) is 4.38. The first kappa shape index (κ1) is 14.0. The lowest BCUT2D eigenvalue weighted by atomic mass is 10.1. The molecule has 0 radical (unpaired) electrons. The molecule has 0 aromatic carbocycles. The summed E-state index contributed by atoms with van der Waals surface area (Å²) >= 11 is 5.87. The highest BCUT2D eigenvalue weighted by Crippen LogP contribution is 2.18. The third-order valence-corrected chi connectivity index (χ3v) is 3.38. The second-order valence-electron chi connectivity index (χ2n) is 4.54. The van der Waals surface area contributed by atoms with Gasteiger partial charge in [0.05, 0.1) is 22.5 Å². The van der Waals surface area contributed by atoms with Crippen LogP contribution in [0.25, 0.3) is 0 Å². The van der Waals surface area contributed by atoms with Gasteiger partial charge in [-0.2, -0.15) is 5.10 Å². The Labute approximate surface area is 118 Å². The Morgan fingerprint density at radius 2 is 2.21 bits per heavy atom. The number of halogens is 1. The monoisotopic (exact) mass is 278 g/mol. The topological polar surface area (TPSA) is 42.7 Å². The Hall–Kier alpha value is -1.39. The van der Waals surface area contributed by atoms with Crippen molar-refractivity contribution in [3.05, 3.63) is 46.5 Å². The van der Waals surface area contributed by atoms with E-state index in [1.54, 1.807) is 6.20 Å². The number of nitrogens with one attached hydrogen (secondary N) is 1. The van der Waals surface area contributed by atoms with Crippen LogP contribution in [0.3, 0.4) is 0 Å². The van der Waals surface area contributed by atoms with Crippen LogP contribution in [-0.4, -0.2) is 21.8 Å². The summed E-state index contributed by atoms with van der Waals surface area (Å²) in [5, 5.41) is 8.43. The van der Waals surface area contributed by atoms with Gasteiger partial charge in [0.25, 0.3) is 0 Å². The largest absolute Gasteiger partial charge is 0.311 e. The van der Waals surface area contributed by atoms with Gasteiger partial charge in [-0.15, -0.1) is 0 Å². The first-order valence-electron chi connectivity index (χ1n) is 6.46. The molecule has 0 bridgehead atoms. The summed E-state index contributed by atoms with van der Waals surface area (Å²) in [6, 6.07) is 6.13. The molecule has 0 aliphatic heterocycles. The van der Waals surface area contributed by atoms with Crippen molar-refractivity contribution in [2.75, 3.05) is 7.05 Å². The molecule has 1 N–H and O–H groups in total. The molecule has 1 atom stereocenters. The average Bonchev–Trinajstić information content (AvgIpc) is 2.77. The Kier molecular flexibility index (Phi) is 4.56. The Balaban J connectivity index is 2.21. The van der Waals surface area contributed by atoms with E-state index in [-0.39, 0.29) is 6.04 Å². The molecule has 2 heterocycles. The molecular formula is C14H19ClN4. The standard InChI is InChI=1S/C14H19ClN4/c1-4-19-12(7-10(2)18-19)8-14(16-3)13-6-5-11(15)9-17-13/h5-7,9,14,16H,4,8H2,1-3H3. The SMILES string of the molecule is CCn1nc(C)cc1CC(NC)c1ccc(Cl)cn1. The lowest BCUT2D eigenvalue weighted by Gasteiger charge is -2.16. The molecule has 4 nitrogen and oxygen atoms in total. The van der Waals surface area contributed by atoms with Gasteiger partial charge in [-0.1, -0.05) is 11.6 Å². The highest BCUT2D eigenvalue weighted by atomic mass is 35.5. The highest BCUT2D eigenvalue weighted by molar-refractivity contribution is 6.30. The van der Waals surface area contributed by atoms with Crippen LogP contribution >= 0.6 is 11.6 Å². The zero-order valence-electron chi connectivity index (χ0n) is 11.5. The maximum absolute atomic E-state index is 5.87. The fraction of sp³-hybridized carbons (Fsp3) is 0.429. The van der Waals surface area contributed by atoms with E-state index < -0.39 is 0 Å². The van der Waals surface area contributed by atoms with E-state index in [1.807, 2.05) is 30.8 Å². The Morgan fingerprint density at radius 3 is 2.79 bits per heavy atom. The fourth-order valence-electron chi connectivity index (χ4n) is 2.19. The third-order valence-electron chi connectivity index (χ3n) is 3.15. The van der Waals surface area contributed by atoms with E-state index in [2.05, 4.69) is 28.4 Å². The van der Waals surface area contributed by atoms with Crippen molar-refractivity contribution >= 4 is 11.6 Å². The molecule has 2 aromatic heterocycles. The third kappa shape index (κ3) is 3.33. The van der Waals surface area contributed by atoms with E-state index in [9.17, 15) is 0 Å². The molecule has 0 spiro atoms. The number of rotatable bonds is 5. The number of hydrogen-bond donors (Lipinski definition) is 1. The maximum Gasteiger partial charge on any atom is 0.0596 e. The number of aromatic nitrogens is 3. The zero-order valence-corrected chi connectivity index (χ0v) is 12.3. The Morgan fingerprint density at radius 1 is 1.42 bits per heavy atom. The zero-order chi connectivity index (χ0) is 13.8. The average molecular weight is 279 g/mol. The van der Waals surface area contributed by atoms with E-state index in [4.69, 9.17) is 11.6 Å². The minimum absolute atomic E-state index is 0.165. The quantitative estimate of drug-likeness (QED) is 0.914. The minimum atomic E-state index is 0.165. The molecule has 102 valence electrons. The summed E-state index contributed by atoms with van der Waals surface area (Å²) in [6.45, 7) is 5.00. The van der Waals surface area contributed by atoms with Crippen molar-refractivity contribution in [2.24, 2.45) is 0 Å². The van der Waals surface area contributed by atoms with Crippen molar-refractivity contribution in [1.82, 2.24) is 20.1 Å². The smallest absolute Gasteiger partial charge is 0.0596 e. The van der Waals surface area contributed by atoms with Crippen LogP contribution < -0.4 is 5.32 Å². The maximum atomic E-state index is 5.87. The molecule has 0 amide bonds. The molecule has 2 rings (SSSR count). The molecule has 5 heteroatoms. The van der Waals surface area contributed by atoms with Crippen molar-refractivity contribution in [2.45, 2.75) is 32.9 Å². The van der Waals surface area contributed by atoms with Gasteiger partial charge in [-0.25, -0.2) is 0 Å². The van der Waals surface area contributed by atoms with Crippen LogP contribution in [0.1, 0.15) is 30.0 Å². The van der Waals surface area contributed by atoms with Gasteiger partial charge in [0.2, 0.25) is 0 Å². The first-order chi connectivity index (χ1) is 9.13. The van der Waals surface area contributed by atoms with Gasteiger partial charge in [0.1, 0.15) is 0 Å². The van der Waals surface area contributed by atoms with E-state index in [0.29, 0.717) is 5.02 Å². The highest BCUT2D eigenvalue weighted by Gasteiger charge is 2.14. The van der Waals surface area contributed by atoms with Gasteiger partial charge in [-0.3, -0.25) is 9.67 Å². The number of aryl methyl sites for hydroxylation is 2. The normalized spacial score (nSPS) is 12.6. The molecule has 0 fully saturated rings. The van der Waals surface area contributed by atoms with Crippen LogP contribution in [0.2, 0.25) is 5.02 Å². The predicted octanol–water partition coefficient (Wildman–Crippen LogP) is 2.76. The summed E-state index contributed by atoms with van der Waals surface area (Å²) in [5.41, 5.74) is 3.26.